The van der Waals surface area contributed by atoms with E-state index < -0.39 is 5.41 Å². The molecule has 0 amide bonds. The Kier molecular flexibility index (Phi) is 8.80. The molecular formula is C63H50N2. The van der Waals surface area contributed by atoms with Gasteiger partial charge in [-0.2, -0.15) is 0 Å². The maximum atomic E-state index is 2.53. The topological polar surface area (TPSA) is 6.48 Å². The van der Waals surface area contributed by atoms with Gasteiger partial charge in [0.15, 0.2) is 0 Å². The summed E-state index contributed by atoms with van der Waals surface area (Å²) in [6, 6.07) is 73.8. The van der Waals surface area contributed by atoms with E-state index in [0.717, 1.165) is 22.7 Å². The predicted molar refractivity (Wildman–Crippen MR) is 276 cm³/mol. The molecular weight excluding hydrogens is 785 g/mol. The van der Waals surface area contributed by atoms with E-state index in [2.05, 4.69) is 245 Å². The quantitative estimate of drug-likeness (QED) is 0.165. The molecule has 0 radical (unpaired) electrons. The number of anilines is 6. The van der Waals surface area contributed by atoms with Crippen molar-refractivity contribution in [3.63, 3.8) is 0 Å². The monoisotopic (exact) mass is 834 g/mol. The van der Waals surface area contributed by atoms with Crippen LogP contribution >= 0.6 is 0 Å². The largest absolute Gasteiger partial charge is 0.310 e. The van der Waals surface area contributed by atoms with Crippen molar-refractivity contribution in [3.05, 3.63) is 250 Å². The average Bonchev–Trinajstić information content (AvgIpc) is 3.77. The van der Waals surface area contributed by atoms with Crippen LogP contribution in [0.25, 0.3) is 43.8 Å². The summed E-state index contributed by atoms with van der Waals surface area (Å²) >= 11 is 0. The highest BCUT2D eigenvalue weighted by Gasteiger charge is 2.51. The summed E-state index contributed by atoms with van der Waals surface area (Å²) in [5.41, 5.74) is 24.6. The number of fused-ring (bicyclic) bond motifs is 12. The highest BCUT2D eigenvalue weighted by Crippen LogP contribution is 2.64. The molecule has 65 heavy (non-hydrogen) atoms. The molecule has 0 fully saturated rings. The first-order valence-electron chi connectivity index (χ1n) is 22.9. The predicted octanol–water partition coefficient (Wildman–Crippen LogP) is 17.1. The Morgan fingerprint density at radius 2 is 0.662 bits per heavy atom. The molecule has 0 unspecified atom stereocenters. The van der Waals surface area contributed by atoms with Crippen LogP contribution in [0.5, 0.6) is 0 Å². The maximum absolute atomic E-state index is 2.53. The molecule has 0 saturated carbocycles. The fourth-order valence-electron chi connectivity index (χ4n) is 11.0. The van der Waals surface area contributed by atoms with Crippen molar-refractivity contribution in [1.82, 2.24) is 0 Å². The molecule has 2 aliphatic rings. The van der Waals surface area contributed by atoms with Gasteiger partial charge in [-0.3, -0.25) is 0 Å². The summed E-state index contributed by atoms with van der Waals surface area (Å²) in [4.78, 5) is 4.86. The van der Waals surface area contributed by atoms with Crippen LogP contribution in [0.2, 0.25) is 0 Å². The highest BCUT2D eigenvalue weighted by atomic mass is 15.1. The molecule has 12 rings (SSSR count). The van der Waals surface area contributed by atoms with Gasteiger partial charge in [-0.15, -0.1) is 0 Å². The van der Waals surface area contributed by atoms with E-state index in [0.29, 0.717) is 0 Å². The lowest BCUT2D eigenvalue weighted by atomic mass is 9.70. The number of aryl methyl sites for hydroxylation is 6. The van der Waals surface area contributed by atoms with Crippen molar-refractivity contribution in [3.8, 4) is 22.3 Å². The standard InChI is InChI=1S/C63H50N2/c1-39-17-25-49(26-18-39)64(61-31-41(3)15-21-43(61)5)51-29-23-45-35-55-56-36-46-24-30-52(65(50-27-19-40(2)20-28-50)62-32-42(4)16-22-44(62)6)34-48(46)38-60(56)63(59(55)37-47(45)33-51)57-13-9-7-11-53(57)54-12-8-10-14-58(54)63/h7-38H,1-6H3. The average molecular weight is 835 g/mol. The SMILES string of the molecule is Cc1ccc(N(c2ccc3cc4c(cc3c2)C2(c3ccccc3-c3ccccc32)c2cc3cc(N(c5ccc(C)cc5)c5cc(C)ccc5C)ccc3cc2-4)c2cc(C)ccc2C)cc1. The van der Waals surface area contributed by atoms with Crippen LogP contribution in [-0.2, 0) is 5.41 Å². The van der Waals surface area contributed by atoms with E-state index >= 15 is 0 Å². The molecule has 0 aliphatic heterocycles. The van der Waals surface area contributed by atoms with Crippen LogP contribution in [0.15, 0.2) is 194 Å². The molecule has 2 heteroatoms. The fraction of sp³-hybridized carbons (Fsp3) is 0.111. The van der Waals surface area contributed by atoms with Crippen molar-refractivity contribution in [1.29, 1.82) is 0 Å². The molecule has 0 atom stereocenters. The molecule has 312 valence electrons. The zero-order chi connectivity index (χ0) is 44.1. The van der Waals surface area contributed by atoms with Crippen LogP contribution in [0, 0.1) is 41.5 Å². The normalized spacial score (nSPS) is 12.9. The molecule has 0 N–H and O–H groups in total. The summed E-state index contributed by atoms with van der Waals surface area (Å²) in [5, 5.41) is 4.92. The van der Waals surface area contributed by atoms with Crippen LogP contribution in [0.4, 0.5) is 34.1 Å². The van der Waals surface area contributed by atoms with Crippen LogP contribution in [0.3, 0.4) is 0 Å². The van der Waals surface area contributed by atoms with E-state index in [1.165, 1.54) is 111 Å². The smallest absolute Gasteiger partial charge is 0.0725 e. The molecule has 2 aliphatic carbocycles. The van der Waals surface area contributed by atoms with Gasteiger partial charge in [-0.05, 0) is 215 Å². The molecule has 10 aromatic rings. The van der Waals surface area contributed by atoms with Crippen LogP contribution < -0.4 is 9.80 Å². The first-order chi connectivity index (χ1) is 31.6. The fourth-order valence-corrected chi connectivity index (χ4v) is 11.0. The van der Waals surface area contributed by atoms with Gasteiger partial charge in [0.25, 0.3) is 0 Å². The van der Waals surface area contributed by atoms with Gasteiger partial charge in [0.05, 0.1) is 5.41 Å². The second-order valence-corrected chi connectivity index (χ2v) is 18.6. The van der Waals surface area contributed by atoms with Crippen LogP contribution in [0.1, 0.15) is 55.6 Å². The van der Waals surface area contributed by atoms with E-state index in [-0.39, 0.29) is 0 Å². The van der Waals surface area contributed by atoms with Crippen molar-refractivity contribution >= 4 is 55.7 Å². The third-order valence-corrected chi connectivity index (χ3v) is 14.3. The Bertz CT molecular complexity index is 3320. The van der Waals surface area contributed by atoms with E-state index in [9.17, 15) is 0 Å². The molecule has 0 aromatic heterocycles. The first kappa shape index (κ1) is 39.0. The zero-order valence-electron chi connectivity index (χ0n) is 37.9. The Balaban J connectivity index is 1.10. The summed E-state index contributed by atoms with van der Waals surface area (Å²) in [7, 11) is 0. The van der Waals surface area contributed by atoms with E-state index in [1.54, 1.807) is 0 Å². The number of hydrogen-bond acceptors (Lipinski definition) is 2. The molecule has 2 nitrogen and oxygen atoms in total. The first-order valence-corrected chi connectivity index (χ1v) is 22.9. The molecule has 0 bridgehead atoms. The minimum Gasteiger partial charge on any atom is -0.310 e. The molecule has 1 spiro atoms. The third kappa shape index (κ3) is 6.01. The maximum Gasteiger partial charge on any atom is 0.0725 e. The van der Waals surface area contributed by atoms with Crippen LogP contribution in [-0.4, -0.2) is 0 Å². The highest BCUT2D eigenvalue weighted by molar-refractivity contribution is 6.04. The number of hydrogen-bond donors (Lipinski definition) is 0. The second kappa shape index (κ2) is 14.7. The lowest BCUT2D eigenvalue weighted by Crippen LogP contribution is -2.25. The Morgan fingerprint density at radius 3 is 1.09 bits per heavy atom. The van der Waals surface area contributed by atoms with Gasteiger partial charge < -0.3 is 9.80 Å². The number of nitrogens with zero attached hydrogens (tertiary/aromatic N) is 2. The lowest BCUT2D eigenvalue weighted by Gasteiger charge is -2.31. The van der Waals surface area contributed by atoms with Gasteiger partial charge in [-0.25, -0.2) is 0 Å². The molecule has 0 saturated heterocycles. The van der Waals surface area contributed by atoms with Crippen molar-refractivity contribution in [2.75, 3.05) is 9.80 Å². The number of rotatable bonds is 6. The van der Waals surface area contributed by atoms with E-state index in [1.807, 2.05) is 0 Å². The van der Waals surface area contributed by atoms with E-state index in [4.69, 9.17) is 0 Å². The van der Waals surface area contributed by atoms with Gasteiger partial charge >= 0.3 is 0 Å². The van der Waals surface area contributed by atoms with Crippen molar-refractivity contribution in [2.24, 2.45) is 0 Å². The summed E-state index contributed by atoms with van der Waals surface area (Å²) in [5.74, 6) is 0. The van der Waals surface area contributed by atoms with Crippen molar-refractivity contribution < 1.29 is 0 Å². The Morgan fingerprint density at radius 1 is 0.277 bits per heavy atom. The second-order valence-electron chi connectivity index (χ2n) is 18.6. The Hall–Kier alpha value is -7.68. The number of benzene rings is 10. The summed E-state index contributed by atoms with van der Waals surface area (Å²) in [6.45, 7) is 13.1. The van der Waals surface area contributed by atoms with Gasteiger partial charge in [-0.1, -0.05) is 120 Å². The van der Waals surface area contributed by atoms with Gasteiger partial charge in [0.2, 0.25) is 0 Å². The third-order valence-electron chi connectivity index (χ3n) is 14.3. The Labute approximate surface area is 382 Å². The minimum absolute atomic E-state index is 0.500. The summed E-state index contributed by atoms with van der Waals surface area (Å²) < 4.78 is 0. The molecule has 0 heterocycles. The minimum atomic E-state index is -0.500. The van der Waals surface area contributed by atoms with Crippen molar-refractivity contribution in [2.45, 2.75) is 47.0 Å². The zero-order valence-corrected chi connectivity index (χ0v) is 37.9. The van der Waals surface area contributed by atoms with Gasteiger partial charge in [0, 0.05) is 34.1 Å². The summed E-state index contributed by atoms with van der Waals surface area (Å²) in [6.07, 6.45) is 0. The molecule has 10 aromatic carbocycles. The lowest BCUT2D eigenvalue weighted by molar-refractivity contribution is 0.796. The van der Waals surface area contributed by atoms with Gasteiger partial charge in [0.1, 0.15) is 0 Å².